The van der Waals surface area contributed by atoms with Gasteiger partial charge in [0.05, 0.1) is 11.3 Å². The SMILES string of the molecule is CCCCc1nc(Cl)c(C2NC(=O)NC(C)=C2C(=O)Nc2ccc(Cl)cc2)[nH]1. The number of anilines is 1. The van der Waals surface area contributed by atoms with Gasteiger partial charge in [0.2, 0.25) is 0 Å². The molecule has 0 spiro atoms. The number of carbonyl (C=O) groups is 2. The molecule has 4 N–H and O–H groups in total. The maximum Gasteiger partial charge on any atom is 0.319 e. The summed E-state index contributed by atoms with van der Waals surface area (Å²) >= 11 is 12.2. The third-order valence-corrected chi connectivity index (χ3v) is 4.95. The first-order valence-electron chi connectivity index (χ1n) is 8.98. The number of urea groups is 1. The molecule has 0 aliphatic carbocycles. The lowest BCUT2D eigenvalue weighted by atomic mass is 9.99. The molecule has 148 valence electrons. The van der Waals surface area contributed by atoms with Crippen LogP contribution in [-0.2, 0) is 11.2 Å². The first-order valence-corrected chi connectivity index (χ1v) is 9.74. The Morgan fingerprint density at radius 2 is 1.96 bits per heavy atom. The van der Waals surface area contributed by atoms with Crippen molar-refractivity contribution in [2.45, 2.75) is 39.2 Å². The Labute approximate surface area is 172 Å². The van der Waals surface area contributed by atoms with Crippen LogP contribution in [0.25, 0.3) is 0 Å². The molecule has 7 nitrogen and oxygen atoms in total. The van der Waals surface area contributed by atoms with Crippen LogP contribution in [0.2, 0.25) is 10.2 Å². The molecular weight excluding hydrogens is 401 g/mol. The number of nitrogens with one attached hydrogen (secondary N) is 4. The summed E-state index contributed by atoms with van der Waals surface area (Å²) in [6.07, 6.45) is 2.72. The normalized spacial score (nSPS) is 16.6. The zero-order valence-corrected chi connectivity index (χ0v) is 17.0. The van der Waals surface area contributed by atoms with Crippen LogP contribution in [0.1, 0.15) is 44.2 Å². The molecule has 1 aromatic carbocycles. The minimum absolute atomic E-state index is 0.239. The van der Waals surface area contributed by atoms with Gasteiger partial charge in [-0.05, 0) is 37.6 Å². The number of aromatic amines is 1. The molecule has 1 aromatic heterocycles. The summed E-state index contributed by atoms with van der Waals surface area (Å²) in [7, 11) is 0. The van der Waals surface area contributed by atoms with E-state index in [0.29, 0.717) is 27.7 Å². The van der Waals surface area contributed by atoms with Crippen molar-refractivity contribution < 1.29 is 9.59 Å². The number of allylic oxidation sites excluding steroid dienone is 1. The molecule has 0 radical (unpaired) electrons. The Balaban J connectivity index is 1.91. The molecule has 1 aliphatic rings. The van der Waals surface area contributed by atoms with Crippen molar-refractivity contribution in [3.8, 4) is 0 Å². The zero-order valence-electron chi connectivity index (χ0n) is 15.5. The van der Waals surface area contributed by atoms with Crippen molar-refractivity contribution in [3.63, 3.8) is 0 Å². The van der Waals surface area contributed by atoms with Gasteiger partial charge in [-0.2, -0.15) is 0 Å². The van der Waals surface area contributed by atoms with Gasteiger partial charge in [0, 0.05) is 22.8 Å². The van der Waals surface area contributed by atoms with Gasteiger partial charge in [-0.1, -0.05) is 36.5 Å². The highest BCUT2D eigenvalue weighted by atomic mass is 35.5. The topological polar surface area (TPSA) is 98.9 Å². The molecule has 3 amide bonds. The van der Waals surface area contributed by atoms with Crippen LogP contribution in [0.3, 0.4) is 0 Å². The number of unbranched alkanes of at least 4 members (excludes halogenated alkanes) is 1. The average molecular weight is 422 g/mol. The second-order valence-electron chi connectivity index (χ2n) is 6.52. The number of aryl methyl sites for hydroxylation is 1. The fourth-order valence-electron chi connectivity index (χ4n) is 3.01. The molecule has 28 heavy (non-hydrogen) atoms. The number of imidazole rings is 1. The number of benzene rings is 1. The predicted octanol–water partition coefficient (Wildman–Crippen LogP) is 4.33. The van der Waals surface area contributed by atoms with Crippen LogP contribution in [0, 0.1) is 0 Å². The highest BCUT2D eigenvalue weighted by Crippen LogP contribution is 2.31. The van der Waals surface area contributed by atoms with Crippen LogP contribution in [-0.4, -0.2) is 21.9 Å². The molecule has 1 aliphatic heterocycles. The monoisotopic (exact) mass is 421 g/mol. The third kappa shape index (κ3) is 4.48. The molecule has 3 rings (SSSR count). The number of amides is 3. The first kappa shape index (κ1) is 20.2. The number of rotatable bonds is 6. The van der Waals surface area contributed by atoms with Gasteiger partial charge in [-0.15, -0.1) is 0 Å². The van der Waals surface area contributed by atoms with E-state index in [0.717, 1.165) is 25.1 Å². The molecule has 9 heteroatoms. The summed E-state index contributed by atoms with van der Waals surface area (Å²) < 4.78 is 0. The number of aromatic nitrogens is 2. The van der Waals surface area contributed by atoms with E-state index in [4.69, 9.17) is 23.2 Å². The summed E-state index contributed by atoms with van der Waals surface area (Å²) in [5.41, 5.74) is 1.87. The van der Waals surface area contributed by atoms with Gasteiger partial charge < -0.3 is 20.9 Å². The van der Waals surface area contributed by atoms with Gasteiger partial charge in [0.25, 0.3) is 5.91 Å². The van der Waals surface area contributed by atoms with Crippen LogP contribution in [0.5, 0.6) is 0 Å². The Morgan fingerprint density at radius 3 is 2.64 bits per heavy atom. The highest BCUT2D eigenvalue weighted by Gasteiger charge is 2.34. The quantitative estimate of drug-likeness (QED) is 0.558. The van der Waals surface area contributed by atoms with E-state index in [1.165, 1.54) is 0 Å². The summed E-state index contributed by atoms with van der Waals surface area (Å²) in [6, 6.07) is 5.62. The molecular formula is C19H21Cl2N5O2. The summed E-state index contributed by atoms with van der Waals surface area (Å²) in [5.74, 6) is 0.364. The van der Waals surface area contributed by atoms with Crippen LogP contribution < -0.4 is 16.0 Å². The second kappa shape index (κ2) is 8.67. The van der Waals surface area contributed by atoms with E-state index in [2.05, 4.69) is 32.8 Å². The van der Waals surface area contributed by atoms with Crippen molar-refractivity contribution in [1.82, 2.24) is 20.6 Å². The van der Waals surface area contributed by atoms with Crippen molar-refractivity contribution >= 4 is 40.8 Å². The van der Waals surface area contributed by atoms with Crippen LogP contribution in [0.15, 0.2) is 35.5 Å². The largest absolute Gasteiger partial charge is 0.343 e. The van der Waals surface area contributed by atoms with Crippen LogP contribution in [0.4, 0.5) is 10.5 Å². The van der Waals surface area contributed by atoms with E-state index in [-0.39, 0.29) is 11.1 Å². The van der Waals surface area contributed by atoms with Gasteiger partial charge in [0.15, 0.2) is 5.15 Å². The number of halogens is 2. The van der Waals surface area contributed by atoms with Crippen LogP contribution >= 0.6 is 23.2 Å². The second-order valence-corrected chi connectivity index (χ2v) is 7.32. The van der Waals surface area contributed by atoms with E-state index < -0.39 is 12.1 Å². The fourth-order valence-corrected chi connectivity index (χ4v) is 3.39. The van der Waals surface area contributed by atoms with Gasteiger partial charge in [0.1, 0.15) is 11.9 Å². The highest BCUT2D eigenvalue weighted by molar-refractivity contribution is 6.30. The van der Waals surface area contributed by atoms with Crippen molar-refractivity contribution in [2.24, 2.45) is 0 Å². The minimum Gasteiger partial charge on any atom is -0.343 e. The zero-order chi connectivity index (χ0) is 20.3. The van der Waals surface area contributed by atoms with E-state index >= 15 is 0 Å². The van der Waals surface area contributed by atoms with Gasteiger partial charge in [-0.3, -0.25) is 4.79 Å². The van der Waals surface area contributed by atoms with E-state index in [1.54, 1.807) is 31.2 Å². The molecule has 1 atom stereocenters. The van der Waals surface area contributed by atoms with Gasteiger partial charge in [-0.25, -0.2) is 9.78 Å². The number of hydrogen-bond donors (Lipinski definition) is 4. The number of hydrogen-bond acceptors (Lipinski definition) is 3. The molecule has 2 heterocycles. The van der Waals surface area contributed by atoms with Gasteiger partial charge >= 0.3 is 6.03 Å². The number of carbonyl (C=O) groups excluding carboxylic acids is 2. The average Bonchev–Trinajstić information content (AvgIpc) is 3.01. The number of H-pyrrole nitrogens is 1. The molecule has 0 bridgehead atoms. The molecule has 2 aromatic rings. The summed E-state index contributed by atoms with van der Waals surface area (Å²) in [4.78, 5) is 32.5. The Morgan fingerprint density at radius 1 is 1.25 bits per heavy atom. The third-order valence-electron chi connectivity index (χ3n) is 4.41. The predicted molar refractivity (Wildman–Crippen MR) is 109 cm³/mol. The molecule has 0 fully saturated rings. The first-order chi connectivity index (χ1) is 13.4. The van der Waals surface area contributed by atoms with Crippen molar-refractivity contribution in [2.75, 3.05) is 5.32 Å². The lowest BCUT2D eigenvalue weighted by Crippen LogP contribution is -2.46. The fraction of sp³-hybridized carbons (Fsp3) is 0.316. The number of nitrogens with zero attached hydrogens (tertiary/aromatic N) is 1. The lowest BCUT2D eigenvalue weighted by Gasteiger charge is -2.27. The Kier molecular flexibility index (Phi) is 6.26. The lowest BCUT2D eigenvalue weighted by molar-refractivity contribution is -0.113. The maximum atomic E-state index is 13.0. The Bertz CT molecular complexity index is 921. The van der Waals surface area contributed by atoms with Crippen molar-refractivity contribution in [3.05, 3.63) is 57.2 Å². The molecule has 1 unspecified atom stereocenters. The maximum absolute atomic E-state index is 13.0. The molecule has 0 saturated heterocycles. The van der Waals surface area contributed by atoms with Crippen molar-refractivity contribution in [1.29, 1.82) is 0 Å². The van der Waals surface area contributed by atoms with E-state index in [1.807, 2.05) is 0 Å². The standard InChI is InChI=1S/C19H21Cl2N5O2/c1-3-4-5-13-24-16(17(21)25-13)15-14(10(2)22-19(28)26-15)18(27)23-12-8-6-11(20)7-9-12/h6-9,15H,3-5H2,1-2H3,(H,23,27)(H,24,25)(H2,22,26,28). The Hall–Kier alpha value is -2.51. The smallest absolute Gasteiger partial charge is 0.319 e. The molecule has 0 saturated carbocycles. The van der Waals surface area contributed by atoms with E-state index in [9.17, 15) is 9.59 Å². The summed E-state index contributed by atoms with van der Waals surface area (Å²) in [5, 5.41) is 9.02. The summed E-state index contributed by atoms with van der Waals surface area (Å²) in [6.45, 7) is 3.76. The minimum atomic E-state index is -0.739.